The molecule has 2 amide bonds. The molecule has 1 rings (SSSR count). The summed E-state index contributed by atoms with van der Waals surface area (Å²) in [4.78, 5) is 25.6. The quantitative estimate of drug-likeness (QED) is 0.685. The lowest BCUT2D eigenvalue weighted by atomic mass is 9.93. The zero-order chi connectivity index (χ0) is 17.5. The molecule has 1 aromatic rings. The molecule has 0 aliphatic carbocycles. The Hall–Kier alpha value is -1.30. The van der Waals surface area contributed by atoms with E-state index in [2.05, 4.69) is 5.32 Å². The lowest BCUT2D eigenvalue weighted by Gasteiger charge is -2.29. The van der Waals surface area contributed by atoms with Gasteiger partial charge in [0.05, 0.1) is 0 Å². The van der Waals surface area contributed by atoms with Crippen LogP contribution < -0.4 is 11.1 Å². The number of hydrogen-bond acceptors (Lipinski definition) is 3. The van der Waals surface area contributed by atoms with Crippen molar-refractivity contribution >= 4 is 35.8 Å². The summed E-state index contributed by atoms with van der Waals surface area (Å²) >= 11 is 5.78. The van der Waals surface area contributed by atoms with Gasteiger partial charge in [-0.15, -0.1) is 12.4 Å². The molecule has 136 valence electrons. The normalized spacial score (nSPS) is 10.7. The lowest BCUT2D eigenvalue weighted by molar-refractivity contribution is -0.131. The number of benzene rings is 1. The summed E-state index contributed by atoms with van der Waals surface area (Å²) < 4.78 is 0. The summed E-state index contributed by atoms with van der Waals surface area (Å²) in [5.41, 5.74) is 6.15. The minimum absolute atomic E-state index is 0. The van der Waals surface area contributed by atoms with E-state index in [0.29, 0.717) is 43.1 Å². The highest BCUT2D eigenvalue weighted by atomic mass is 35.5. The van der Waals surface area contributed by atoms with Crippen LogP contribution in [0.1, 0.15) is 37.0 Å². The van der Waals surface area contributed by atoms with Crippen LogP contribution in [0.3, 0.4) is 0 Å². The summed E-state index contributed by atoms with van der Waals surface area (Å²) in [7, 11) is 1.78. The Morgan fingerprint density at radius 2 is 1.83 bits per heavy atom. The number of amides is 2. The fraction of sp³-hybridized carbons (Fsp3) is 0.529. The van der Waals surface area contributed by atoms with Gasteiger partial charge in [-0.05, 0) is 42.6 Å². The summed E-state index contributed by atoms with van der Waals surface area (Å²) in [6.45, 7) is 5.68. The van der Waals surface area contributed by atoms with Crippen LogP contribution in [0.15, 0.2) is 24.3 Å². The Balaban J connectivity index is 0.00000529. The van der Waals surface area contributed by atoms with Gasteiger partial charge in [-0.3, -0.25) is 9.59 Å². The first-order chi connectivity index (χ1) is 10.7. The van der Waals surface area contributed by atoms with Gasteiger partial charge in [0.25, 0.3) is 5.91 Å². The van der Waals surface area contributed by atoms with Crippen molar-refractivity contribution in [3.05, 3.63) is 34.9 Å². The maximum atomic E-state index is 12.0. The molecule has 0 bridgehead atoms. The first-order valence-corrected chi connectivity index (χ1v) is 8.11. The molecule has 24 heavy (non-hydrogen) atoms. The molecule has 0 spiro atoms. The Labute approximate surface area is 155 Å². The van der Waals surface area contributed by atoms with E-state index in [0.717, 1.165) is 0 Å². The first-order valence-electron chi connectivity index (χ1n) is 7.73. The van der Waals surface area contributed by atoms with Gasteiger partial charge in [0.15, 0.2) is 0 Å². The summed E-state index contributed by atoms with van der Waals surface area (Å²) in [5, 5.41) is 3.39. The molecular weight excluding hydrogens is 349 g/mol. The molecule has 3 N–H and O–H groups in total. The molecule has 0 aliphatic heterocycles. The van der Waals surface area contributed by atoms with Crippen molar-refractivity contribution in [3.63, 3.8) is 0 Å². The predicted molar refractivity (Wildman–Crippen MR) is 101 cm³/mol. The molecule has 0 heterocycles. The second-order valence-corrected chi connectivity index (χ2v) is 6.92. The average Bonchev–Trinajstić information content (AvgIpc) is 2.51. The van der Waals surface area contributed by atoms with Crippen LogP contribution in [0.2, 0.25) is 5.02 Å². The SMILES string of the molecule is CN(CC(C)(C)CN)C(=O)CCCNC(=O)c1ccc(Cl)cc1.Cl. The third kappa shape index (κ3) is 7.99. The number of carbonyl (C=O) groups is 2. The zero-order valence-corrected chi connectivity index (χ0v) is 16.0. The number of hydrogen-bond donors (Lipinski definition) is 2. The highest BCUT2D eigenvalue weighted by Gasteiger charge is 2.20. The third-order valence-corrected chi connectivity index (χ3v) is 3.85. The van der Waals surface area contributed by atoms with Gasteiger partial charge in [0, 0.05) is 37.1 Å². The maximum Gasteiger partial charge on any atom is 0.251 e. The number of nitrogens with zero attached hydrogens (tertiary/aromatic N) is 1. The first kappa shape index (κ1) is 22.7. The smallest absolute Gasteiger partial charge is 0.251 e. The standard InChI is InChI=1S/C17H26ClN3O2.ClH/c1-17(2,11-19)12-21(3)15(22)5-4-10-20-16(23)13-6-8-14(18)9-7-13;/h6-9H,4-5,10-12,19H2,1-3H3,(H,20,23);1H. The Bertz CT molecular complexity index is 533. The lowest BCUT2D eigenvalue weighted by Crippen LogP contribution is -2.39. The molecule has 0 atom stereocenters. The van der Waals surface area contributed by atoms with Gasteiger partial charge in [0.1, 0.15) is 0 Å². The summed E-state index contributed by atoms with van der Waals surface area (Å²) in [5.74, 6) is -0.0981. The predicted octanol–water partition coefficient (Wildman–Crippen LogP) is 2.72. The van der Waals surface area contributed by atoms with Gasteiger partial charge >= 0.3 is 0 Å². The van der Waals surface area contributed by atoms with E-state index in [1.54, 1.807) is 36.2 Å². The van der Waals surface area contributed by atoms with E-state index in [9.17, 15) is 9.59 Å². The van der Waals surface area contributed by atoms with Crippen molar-refractivity contribution in [1.82, 2.24) is 10.2 Å². The zero-order valence-electron chi connectivity index (χ0n) is 14.5. The van der Waals surface area contributed by atoms with Gasteiger partial charge in [0.2, 0.25) is 5.91 Å². The topological polar surface area (TPSA) is 75.4 Å². The molecule has 0 aliphatic rings. The highest BCUT2D eigenvalue weighted by molar-refractivity contribution is 6.30. The molecule has 0 saturated heterocycles. The van der Waals surface area contributed by atoms with E-state index >= 15 is 0 Å². The van der Waals surface area contributed by atoms with Crippen molar-refractivity contribution in [2.24, 2.45) is 11.1 Å². The van der Waals surface area contributed by atoms with Crippen LogP contribution in [0.25, 0.3) is 0 Å². The van der Waals surface area contributed by atoms with E-state index < -0.39 is 0 Å². The Morgan fingerprint density at radius 1 is 1.25 bits per heavy atom. The van der Waals surface area contributed by atoms with E-state index in [1.165, 1.54) is 0 Å². The minimum Gasteiger partial charge on any atom is -0.352 e. The third-order valence-electron chi connectivity index (χ3n) is 3.60. The second kappa shape index (κ2) is 10.5. The summed E-state index contributed by atoms with van der Waals surface area (Å²) in [6.07, 6.45) is 1.00. The van der Waals surface area contributed by atoms with Crippen LogP contribution >= 0.6 is 24.0 Å². The number of rotatable bonds is 8. The number of nitrogens with one attached hydrogen (secondary N) is 1. The number of nitrogens with two attached hydrogens (primary N) is 1. The fourth-order valence-corrected chi connectivity index (χ4v) is 2.26. The molecule has 0 unspecified atom stereocenters. The van der Waals surface area contributed by atoms with Gasteiger partial charge in [-0.25, -0.2) is 0 Å². The van der Waals surface area contributed by atoms with Crippen LogP contribution in [-0.2, 0) is 4.79 Å². The van der Waals surface area contributed by atoms with Gasteiger partial charge < -0.3 is 16.0 Å². The summed E-state index contributed by atoms with van der Waals surface area (Å²) in [6, 6.07) is 6.69. The van der Waals surface area contributed by atoms with E-state index in [4.69, 9.17) is 17.3 Å². The van der Waals surface area contributed by atoms with Crippen LogP contribution in [-0.4, -0.2) is 43.4 Å². The minimum atomic E-state index is -0.160. The van der Waals surface area contributed by atoms with Crippen molar-refractivity contribution < 1.29 is 9.59 Å². The van der Waals surface area contributed by atoms with Gasteiger partial charge in [-0.2, -0.15) is 0 Å². The largest absolute Gasteiger partial charge is 0.352 e. The maximum absolute atomic E-state index is 12.0. The van der Waals surface area contributed by atoms with Gasteiger partial charge in [-0.1, -0.05) is 25.4 Å². The highest BCUT2D eigenvalue weighted by Crippen LogP contribution is 2.14. The van der Waals surface area contributed by atoms with Crippen LogP contribution in [0.4, 0.5) is 0 Å². The average molecular weight is 376 g/mol. The Kier molecular flexibility index (Phi) is 9.97. The van der Waals surface area contributed by atoms with Crippen molar-refractivity contribution in [1.29, 1.82) is 0 Å². The molecule has 0 fully saturated rings. The van der Waals surface area contributed by atoms with E-state index in [1.807, 2.05) is 13.8 Å². The van der Waals surface area contributed by atoms with E-state index in [-0.39, 0.29) is 29.6 Å². The Morgan fingerprint density at radius 3 is 2.38 bits per heavy atom. The molecule has 5 nitrogen and oxygen atoms in total. The molecule has 1 aromatic carbocycles. The van der Waals surface area contributed by atoms with Crippen molar-refractivity contribution in [2.45, 2.75) is 26.7 Å². The van der Waals surface area contributed by atoms with Crippen LogP contribution in [0, 0.1) is 5.41 Å². The molecule has 7 heteroatoms. The molecule has 0 radical (unpaired) electrons. The second-order valence-electron chi connectivity index (χ2n) is 6.48. The number of halogens is 2. The van der Waals surface area contributed by atoms with Crippen molar-refractivity contribution in [2.75, 3.05) is 26.7 Å². The monoisotopic (exact) mass is 375 g/mol. The molecular formula is C17H27Cl2N3O2. The fourth-order valence-electron chi connectivity index (χ4n) is 2.13. The van der Waals surface area contributed by atoms with Crippen molar-refractivity contribution in [3.8, 4) is 0 Å². The number of carbonyl (C=O) groups excluding carboxylic acids is 2. The molecule has 0 aromatic heterocycles. The molecule has 0 saturated carbocycles. The van der Waals surface area contributed by atoms with Crippen LogP contribution in [0.5, 0.6) is 0 Å².